The minimum Gasteiger partial charge on any atom is -1.00 e. The molecule has 0 aliphatic rings. The first-order valence-corrected chi connectivity index (χ1v) is 36.5. The number of aryl methyl sites for hydroxylation is 1. The number of nitrogens with zero attached hydrogens (tertiary/aromatic N) is 5. The summed E-state index contributed by atoms with van der Waals surface area (Å²) in [7, 11) is 1.75. The van der Waals surface area contributed by atoms with Crippen molar-refractivity contribution in [1.29, 1.82) is 10.5 Å². The number of hydrogen-bond donors (Lipinski definition) is 15. The van der Waals surface area contributed by atoms with Gasteiger partial charge in [-0.3, -0.25) is 46.2 Å². The van der Waals surface area contributed by atoms with E-state index in [1.165, 1.54) is 53.2 Å². The average molecular weight is 1950 g/mol. The number of rotatable bonds is 18. The zero-order valence-corrected chi connectivity index (χ0v) is 78.8. The summed E-state index contributed by atoms with van der Waals surface area (Å²) in [6.07, 6.45) is -27.1. The van der Waals surface area contributed by atoms with Crippen LogP contribution in [0.5, 0.6) is 0 Å². The number of nitrogen functional groups attached to an aromatic ring is 1. The van der Waals surface area contributed by atoms with Gasteiger partial charge in [-0.25, -0.2) is 35.9 Å². The summed E-state index contributed by atoms with van der Waals surface area (Å²) in [6, 6.07) is 24.1. The number of allylic oxidation sites excluding steroid dienone is 2. The van der Waals surface area contributed by atoms with Crippen LogP contribution in [0.4, 0.5) is 96.1 Å². The molecule has 1 heterocycles. The van der Waals surface area contributed by atoms with Crippen LogP contribution in [0.25, 0.3) is 4.85 Å². The molecule has 3 amide bonds. The van der Waals surface area contributed by atoms with Crippen LogP contribution in [-0.2, 0) is 56.4 Å². The Kier molecular flexibility index (Phi) is 77.0. The Morgan fingerprint density at radius 1 is 0.574 bits per heavy atom. The van der Waals surface area contributed by atoms with E-state index in [0.29, 0.717) is 34.8 Å². The largest absolute Gasteiger partial charge is 1.00 e. The SMILES string of the molecule is C.CC(C)(C)OC(=O)NN.CC(C)(C)OC(=O)NNCC(=O)c1ccc(C(F)(F)F)cc1.CC(C)(C)OC(=O)NNCC(O)c1ccc(C(F)(F)F)cc1.CCO.CCOC(C)=C(C#N)C#N.CO.CO.C[O-].NNCC(O)c1ccc(C(F)(F)F)cc1.O=C(CBr)c1ccc(C(F)(F)F)cc1.[2H]CF.[B].[C-]#[N+]c1c(C)nn(CC(O)c2ccc(C(F)(F)F)cc2)c1N.[H-].[Na+].[Na+]. The maximum absolute atomic E-state index is 12.5. The second-order valence-corrected chi connectivity index (χ2v) is 26.7. The number of anilines is 1. The fraction of sp³-hybridized carbons (Fsp3) is 0.456. The quantitative estimate of drug-likeness (QED) is 0.00330. The second kappa shape index (κ2) is 71.9. The minimum atomic E-state index is -4.45. The number of halogens is 17. The van der Waals surface area contributed by atoms with Crippen LogP contribution in [0.1, 0.15) is 183 Å². The van der Waals surface area contributed by atoms with Gasteiger partial charge in [0.25, 0.3) is 0 Å². The first-order valence-electron chi connectivity index (χ1n) is 36.1. The monoisotopic (exact) mass is 1950 g/mol. The molecule has 717 valence electrons. The van der Waals surface area contributed by atoms with Crippen molar-refractivity contribution < 1.29 is 211 Å². The third-order valence-corrected chi connectivity index (χ3v) is 13.6. The van der Waals surface area contributed by atoms with E-state index in [4.69, 9.17) is 75.3 Å². The third-order valence-electron chi connectivity index (χ3n) is 13.1. The topological polar surface area (TPSA) is 487 Å². The third kappa shape index (κ3) is 65.4. The predicted molar refractivity (Wildman–Crippen MR) is 444 cm³/mol. The van der Waals surface area contributed by atoms with Crippen LogP contribution in [0.15, 0.2) is 133 Å². The van der Waals surface area contributed by atoms with E-state index in [1.807, 2.05) is 5.43 Å². The van der Waals surface area contributed by atoms with Crippen molar-refractivity contribution in [2.24, 2.45) is 11.7 Å². The van der Waals surface area contributed by atoms with Gasteiger partial charge in [0.2, 0.25) is 5.69 Å². The van der Waals surface area contributed by atoms with Crippen molar-refractivity contribution in [3.63, 3.8) is 0 Å². The van der Waals surface area contributed by atoms with Crippen LogP contribution in [0.2, 0.25) is 0 Å². The zero-order chi connectivity index (χ0) is 99.6. The molecule has 0 fully saturated rings. The summed E-state index contributed by atoms with van der Waals surface area (Å²) in [4.78, 5) is 59.0. The summed E-state index contributed by atoms with van der Waals surface area (Å²) in [5.74, 6) is 9.54. The number of hydrazine groups is 4. The van der Waals surface area contributed by atoms with Crippen molar-refractivity contribution in [3.05, 3.63) is 205 Å². The Balaban J connectivity index is -0.000000141. The van der Waals surface area contributed by atoms with Gasteiger partial charge >= 0.3 is 108 Å². The number of aliphatic hydroxyl groups is 6. The molecule has 129 heavy (non-hydrogen) atoms. The molecule has 0 saturated heterocycles. The molecule has 0 spiro atoms. The molecule has 5 aromatic carbocycles. The Labute approximate surface area is 795 Å². The number of aliphatic hydroxyl groups excluding tert-OH is 6. The number of amides is 3. The van der Waals surface area contributed by atoms with Gasteiger partial charge in [0, 0.05) is 53.5 Å². The standard InChI is InChI=1S/C14H13F3N4O.C14H19F3N2O3.C14H17F3N2O3.C9H6BrF3O.C9H11F3N2O.C7H8N2O.C5H12N2O2.C2H6O.CH3F.2CH4O.CH3O.CH4.B.2Na.H/c1-8-12(19-2)13(18)21(20-8)7-11(22)9-3-5-10(6-4-9)14(15,16)17;2*1-13(2,3)22-12(21)19-18-8-11(20)9-4-6-10(7-5-9)14(15,16)17;10-5-8(14)6-1-3-7(4-2-6)9(11,12)13;10-9(11,12)7-3-1-6(2-4-7)8(15)5-14-13;1-3-10-6(2)7(4-8)5-9;1-5(2,3)9-4(8)7-6;1-2-3;4*1-2;;;;;/h3-6,11,22H,7,18H2,1H3;4-7,11,18,20H,8H2,1-3H3,(H,19,21);4-7,18H,8H2,1-3H3,(H,19,21);1-4H,5H2;1-4,8,14-15H,5,13H2;3H2,1-2H3;6H2,1-3H3,(H,7,8);3H,2H2,1H3;1H3;2*2H,1H3;1H3;1H4;;;;/q;;;;;;;;;;;-1;;;2*+1;-1/i;;;;;;;;1D;;;;;;;;. The number of benzene rings is 5. The van der Waals surface area contributed by atoms with Crippen LogP contribution >= 0.6 is 15.9 Å². The number of aromatic nitrogens is 2. The Morgan fingerprint density at radius 2 is 0.853 bits per heavy atom. The fourth-order valence-corrected chi connectivity index (χ4v) is 8.16. The van der Waals surface area contributed by atoms with Crippen molar-refractivity contribution in [2.45, 2.75) is 170 Å². The number of carbonyl (C=O) groups excluding carboxylic acids is 5. The van der Waals surface area contributed by atoms with E-state index in [0.717, 1.165) is 94.1 Å². The van der Waals surface area contributed by atoms with E-state index >= 15 is 0 Å². The Bertz CT molecular complexity index is 4220. The Morgan fingerprint density at radius 3 is 1.10 bits per heavy atom. The molecule has 3 radical (unpaired) electrons. The number of carbonyl (C=O) groups is 5. The summed E-state index contributed by atoms with van der Waals surface area (Å²) >= 11 is 2.94. The zero-order valence-electron chi connectivity index (χ0n) is 75.2. The van der Waals surface area contributed by atoms with Gasteiger partial charge in [-0.05, 0) is 167 Å². The summed E-state index contributed by atoms with van der Waals surface area (Å²) in [5, 5.41) is 79.9. The van der Waals surface area contributed by atoms with Crippen LogP contribution in [-0.4, -0.2) is 162 Å². The first kappa shape index (κ1) is 138. The smallest absolute Gasteiger partial charge is 1.00 e. The molecule has 6 rings (SSSR count). The molecule has 0 aliphatic heterocycles. The summed E-state index contributed by atoms with van der Waals surface area (Å²) in [5.41, 5.74) is 15.4. The molecular formula is C79H111BBrF16N14Na2O16. The van der Waals surface area contributed by atoms with Gasteiger partial charge in [-0.15, -0.1) is 0 Å². The predicted octanol–water partition coefficient (Wildman–Crippen LogP) is 8.13. The maximum Gasteiger partial charge on any atom is 1.00 e. The second-order valence-electron chi connectivity index (χ2n) is 26.1. The molecular weight excluding hydrogens is 1840 g/mol. The molecule has 50 heteroatoms. The number of hydrogen-bond acceptors (Lipinski definition) is 25. The number of alkyl halides is 17. The van der Waals surface area contributed by atoms with Crippen molar-refractivity contribution >= 4 is 65.7 Å². The molecule has 0 aliphatic carbocycles. The molecule has 0 bridgehead atoms. The summed E-state index contributed by atoms with van der Waals surface area (Å²) < 4.78 is 221. The van der Waals surface area contributed by atoms with Gasteiger partial charge in [0.05, 0.1) is 91.9 Å². The molecule has 0 saturated carbocycles. The van der Waals surface area contributed by atoms with Crippen LogP contribution < -0.4 is 114 Å². The minimum absolute atomic E-state index is 0. The van der Waals surface area contributed by atoms with Crippen molar-refractivity contribution in [2.75, 3.05) is 72.4 Å². The fourth-order valence-electron chi connectivity index (χ4n) is 7.84. The van der Waals surface area contributed by atoms with Gasteiger partial charge in [0.15, 0.2) is 17.1 Å². The summed E-state index contributed by atoms with van der Waals surface area (Å²) in [6.45, 7) is 29.5. The van der Waals surface area contributed by atoms with Gasteiger partial charge in [-0.2, -0.15) is 88.6 Å². The molecule has 3 atom stereocenters. The number of ether oxygens (including phenoxy) is 4. The van der Waals surface area contributed by atoms with E-state index in [9.17, 15) is 110 Å². The van der Waals surface area contributed by atoms with Crippen molar-refractivity contribution in [3.8, 4) is 12.1 Å². The van der Waals surface area contributed by atoms with Gasteiger partial charge in [0.1, 0.15) is 40.5 Å². The number of nitrogens with one attached hydrogen (secondary N) is 6. The van der Waals surface area contributed by atoms with Crippen molar-refractivity contribution in [1.82, 2.24) is 42.3 Å². The Hall–Kier alpha value is -8.79. The number of nitrogens with two attached hydrogens (primary N) is 3. The molecule has 3 unspecified atom stereocenters. The van der Waals surface area contributed by atoms with E-state index in [-0.39, 0.29) is 148 Å². The maximum atomic E-state index is 12.5. The molecule has 6 aromatic rings. The van der Waals surface area contributed by atoms with Gasteiger partial charge < -0.3 is 61.9 Å². The van der Waals surface area contributed by atoms with E-state index in [2.05, 4.69) is 53.0 Å². The normalized spacial score (nSPS) is 11.1. The van der Waals surface area contributed by atoms with Gasteiger partial charge in [-0.1, -0.05) is 84.0 Å². The molecule has 1 aromatic heterocycles. The number of Topliss-reactive ketones (excluding diaryl/α,β-unsaturated/α-hetero) is 2. The average Bonchev–Trinajstić information content (AvgIpc) is 1.68. The molecule has 30 nitrogen and oxygen atoms in total. The van der Waals surface area contributed by atoms with Crippen LogP contribution in [0.3, 0.4) is 0 Å². The molecule has 18 N–H and O–H groups in total. The number of nitriles is 2. The first-order chi connectivity index (χ1) is 58.1. The van der Waals surface area contributed by atoms with E-state index in [1.54, 1.807) is 102 Å². The van der Waals surface area contributed by atoms with E-state index < -0.39 is 125 Å². The van der Waals surface area contributed by atoms with Crippen LogP contribution in [0, 0.1) is 36.2 Å². The number of ketones is 2.